The second-order valence-electron chi connectivity index (χ2n) is 8.22. The van der Waals surface area contributed by atoms with Crippen molar-refractivity contribution in [2.24, 2.45) is 5.92 Å². The van der Waals surface area contributed by atoms with Crippen LogP contribution >= 0.6 is 0 Å². The minimum atomic E-state index is -4.02. The number of H-pyrrole nitrogens is 1. The number of esters is 2. The summed E-state index contributed by atoms with van der Waals surface area (Å²) < 4.78 is 93.0. The van der Waals surface area contributed by atoms with Crippen LogP contribution in [0.1, 0.15) is 73.8 Å². The maximum atomic E-state index is 13.6. The number of carbonyl (C=O) groups excluding carboxylic acids is 4. The number of nitrogens with one attached hydrogen (secondary N) is 4. The Labute approximate surface area is 240 Å². The Balaban J connectivity index is 1.96. The van der Waals surface area contributed by atoms with E-state index in [0.717, 1.165) is 0 Å². The molecule has 12 heteroatoms. The van der Waals surface area contributed by atoms with Crippen molar-refractivity contribution in [2.75, 3.05) is 30.4 Å². The predicted octanol–water partition coefficient (Wildman–Crippen LogP) is 1.95. The van der Waals surface area contributed by atoms with Gasteiger partial charge in [0.25, 0.3) is 11.5 Å². The third-order valence-corrected chi connectivity index (χ3v) is 5.29. The van der Waals surface area contributed by atoms with Gasteiger partial charge in [0.05, 0.1) is 25.6 Å². The molecule has 1 aliphatic heterocycles. The molecule has 1 aliphatic rings. The maximum Gasteiger partial charge on any atom is 0.328 e. The summed E-state index contributed by atoms with van der Waals surface area (Å²) in [6, 6.07) is -7.36. The molecule has 2 aromatic rings. The molecule has 3 rings (SSSR count). The molecule has 210 valence electrons. The number of rotatable bonds is 12. The highest BCUT2D eigenvalue weighted by molar-refractivity contribution is 5.96. The van der Waals surface area contributed by atoms with Gasteiger partial charge in [-0.05, 0) is 63.0 Å². The maximum absolute atomic E-state index is 13.6. The standard InChI is InChI=1S/C27H35N5O7/c1-4-38-22(34)13-12-21(26(37)39-5-2)30-24(35)19-10-8-17(9-11-19)6-7-18-14-20-23(28-15-18)31-27(29-16(3)33)32-25(20)36/h8-11,18,21H,4-7,12-15H2,1-3H3,(H,30,35)(H3,28,29,31,32,33,36)/t18?,21-/m0/s1/i8D,9D,10D,11D,12D2,13D2,21D/hD. The molecule has 0 saturated carbocycles. The molecule has 2 heterocycles. The summed E-state index contributed by atoms with van der Waals surface area (Å²) in [7, 11) is 0. The Morgan fingerprint density at radius 2 is 1.95 bits per heavy atom. The molecule has 0 bridgehead atoms. The van der Waals surface area contributed by atoms with Crippen molar-refractivity contribution in [3.63, 3.8) is 0 Å². The average molecular weight is 552 g/mol. The van der Waals surface area contributed by atoms with Crippen LogP contribution in [0, 0.1) is 5.92 Å². The Morgan fingerprint density at radius 1 is 1.23 bits per heavy atom. The summed E-state index contributed by atoms with van der Waals surface area (Å²) >= 11 is 0. The van der Waals surface area contributed by atoms with Crippen LogP contribution in [0.5, 0.6) is 0 Å². The van der Waals surface area contributed by atoms with Gasteiger partial charge in [-0.3, -0.25) is 29.5 Å². The summed E-state index contributed by atoms with van der Waals surface area (Å²) in [5.41, 5.74) is -1.46. The van der Waals surface area contributed by atoms with E-state index in [1.807, 2.05) is 0 Å². The van der Waals surface area contributed by atoms with E-state index < -0.39 is 96.3 Å². The lowest BCUT2D eigenvalue weighted by Crippen LogP contribution is -2.42. The van der Waals surface area contributed by atoms with Crippen LogP contribution in [0.15, 0.2) is 29.0 Å². The summed E-state index contributed by atoms with van der Waals surface area (Å²) in [5.74, 6) is -6.13. The third-order valence-electron chi connectivity index (χ3n) is 5.29. The largest absolute Gasteiger partial charge is 0.466 e. The summed E-state index contributed by atoms with van der Waals surface area (Å²) in [5, 5.41) is 4.72. The molecule has 39 heavy (non-hydrogen) atoms. The first kappa shape index (κ1) is 18.1. The molecular formula is C27H35N5O7. The number of aromatic amines is 1. The first-order chi connectivity index (χ1) is 22.7. The number of hydrogen-bond donors (Lipinski definition) is 4. The number of anilines is 2. The van der Waals surface area contributed by atoms with Gasteiger partial charge >= 0.3 is 11.9 Å². The highest BCUT2D eigenvalue weighted by Crippen LogP contribution is 2.24. The predicted molar refractivity (Wildman–Crippen MR) is 143 cm³/mol. The molecule has 2 amide bonds. The third kappa shape index (κ3) is 8.66. The number of hydrogen-bond acceptors (Lipinski definition) is 9. The number of fused-ring (bicyclic) bond motifs is 1. The zero-order valence-electron chi connectivity index (χ0n) is 31.6. The minimum absolute atomic E-state index is 0.0366. The lowest BCUT2D eigenvalue weighted by molar-refractivity contribution is -0.146. The van der Waals surface area contributed by atoms with Crippen molar-refractivity contribution in [2.45, 2.75) is 58.8 Å². The van der Waals surface area contributed by atoms with E-state index in [9.17, 15) is 24.0 Å². The Morgan fingerprint density at radius 3 is 2.62 bits per heavy atom. The molecular weight excluding hydrogens is 506 g/mol. The van der Waals surface area contributed by atoms with Gasteiger partial charge in [0.1, 0.15) is 11.8 Å². The van der Waals surface area contributed by atoms with Crippen LogP contribution in [-0.4, -0.2) is 59.5 Å². The van der Waals surface area contributed by atoms with Crippen molar-refractivity contribution in [1.29, 1.82) is 0 Å². The van der Waals surface area contributed by atoms with Crippen molar-refractivity contribution < 1.29 is 42.4 Å². The van der Waals surface area contributed by atoms with Crippen molar-refractivity contribution >= 4 is 35.5 Å². The fourth-order valence-electron chi connectivity index (χ4n) is 3.54. The van der Waals surface area contributed by atoms with E-state index in [4.69, 9.17) is 13.7 Å². The van der Waals surface area contributed by atoms with E-state index in [0.29, 0.717) is 12.1 Å². The molecule has 0 saturated heterocycles. The normalized spacial score (nSPS) is 20.0. The monoisotopic (exact) mass is 551 g/mol. The first-order valence-electron chi connectivity index (χ1n) is 17.0. The van der Waals surface area contributed by atoms with E-state index in [1.54, 1.807) is 0 Å². The highest BCUT2D eigenvalue weighted by Gasteiger charge is 2.25. The number of carbonyl (C=O) groups is 4. The smallest absolute Gasteiger partial charge is 0.328 e. The molecule has 0 spiro atoms. The van der Waals surface area contributed by atoms with Gasteiger partial charge < -0.3 is 20.1 Å². The van der Waals surface area contributed by atoms with E-state index >= 15 is 0 Å². The quantitative estimate of drug-likeness (QED) is 0.288. The molecule has 1 unspecified atom stereocenters. The van der Waals surface area contributed by atoms with Crippen molar-refractivity contribution in [3.05, 3.63) is 51.2 Å². The fourth-order valence-corrected chi connectivity index (χ4v) is 3.54. The molecule has 0 fully saturated rings. The Hall–Kier alpha value is -4.22. The summed E-state index contributed by atoms with van der Waals surface area (Å²) in [6.45, 7) is 3.15. The summed E-state index contributed by atoms with van der Waals surface area (Å²) in [6.07, 6.45) is -7.45. The second-order valence-corrected chi connectivity index (χ2v) is 8.22. The number of ether oxygens (including phenoxy) is 2. The van der Waals surface area contributed by atoms with Gasteiger partial charge in [-0.25, -0.2) is 4.79 Å². The van der Waals surface area contributed by atoms with Crippen molar-refractivity contribution in [3.8, 4) is 0 Å². The van der Waals surface area contributed by atoms with Gasteiger partial charge in [0.2, 0.25) is 11.9 Å². The number of amides is 2. The van der Waals surface area contributed by atoms with E-state index in [1.165, 1.54) is 20.8 Å². The van der Waals surface area contributed by atoms with Gasteiger partial charge in [-0.1, -0.05) is 12.1 Å². The topological polar surface area (TPSA) is 169 Å². The Kier molecular flexibility index (Phi) is 6.55. The van der Waals surface area contributed by atoms with Crippen LogP contribution in [-0.2, 0) is 36.7 Å². The fraction of sp³-hybridized carbons (Fsp3) is 0.481. The molecule has 12 nitrogen and oxygen atoms in total. The van der Waals surface area contributed by atoms with Crippen molar-refractivity contribution in [1.82, 2.24) is 15.3 Å². The average Bonchev–Trinajstić information content (AvgIpc) is 3.02. The molecule has 1 aromatic heterocycles. The molecule has 0 radical (unpaired) electrons. The minimum Gasteiger partial charge on any atom is -0.466 e. The van der Waals surface area contributed by atoms with Gasteiger partial charge in [0.15, 0.2) is 1.41 Å². The molecule has 1 aromatic carbocycles. The van der Waals surface area contributed by atoms with Crippen LogP contribution < -0.4 is 21.5 Å². The SMILES string of the molecule is [2H]c1c([2H])c(C(=O)N([2H])[C@]([2H])(C(=O)OCC)C([2H])([2H])C([2H])([2H])C(=O)OCC)c([2H])c([2H])c1CCC1CNc2nc(NC(C)=O)[nH]c(=O)c2C1. The number of aromatic nitrogens is 2. The molecule has 4 N–H and O–H groups in total. The second kappa shape index (κ2) is 14.1. The zero-order chi connectivity index (χ0) is 37.2. The lowest BCUT2D eigenvalue weighted by Gasteiger charge is -2.25. The molecule has 2 atom stereocenters. The number of nitrogens with zero attached hydrogens (tertiary/aromatic N) is 1. The van der Waals surface area contributed by atoms with Crippen LogP contribution in [0.4, 0.5) is 11.8 Å². The zero-order valence-corrected chi connectivity index (χ0v) is 21.6. The number of benzene rings is 1. The molecule has 0 aliphatic carbocycles. The van der Waals surface area contributed by atoms with Gasteiger partial charge in [0, 0.05) is 30.9 Å². The lowest BCUT2D eigenvalue weighted by atomic mass is 9.91. The summed E-state index contributed by atoms with van der Waals surface area (Å²) in [4.78, 5) is 69.5. The Bertz CT molecular complexity index is 1690. The van der Waals surface area contributed by atoms with Crippen LogP contribution in [0.25, 0.3) is 0 Å². The van der Waals surface area contributed by atoms with Gasteiger partial charge in [-0.15, -0.1) is 0 Å². The van der Waals surface area contributed by atoms with Crippen LogP contribution in [0.2, 0.25) is 1.41 Å². The van der Waals surface area contributed by atoms with Gasteiger partial charge in [-0.2, -0.15) is 4.98 Å². The van der Waals surface area contributed by atoms with Crippen LogP contribution in [0.3, 0.4) is 0 Å². The van der Waals surface area contributed by atoms with E-state index in [2.05, 4.69) is 30.1 Å². The first-order valence-corrected chi connectivity index (χ1v) is 12.1. The highest BCUT2D eigenvalue weighted by atomic mass is 16.5. The van der Waals surface area contributed by atoms with E-state index in [-0.39, 0.29) is 42.5 Å².